The summed E-state index contributed by atoms with van der Waals surface area (Å²) in [4.78, 5) is 45.9. The van der Waals surface area contributed by atoms with E-state index in [-0.39, 0.29) is 48.1 Å². The zero-order valence-electron chi connectivity index (χ0n) is 22.1. The van der Waals surface area contributed by atoms with E-state index in [4.69, 9.17) is 0 Å². The number of hydrogen-bond donors (Lipinski definition) is 4. The van der Waals surface area contributed by atoms with Gasteiger partial charge >= 0.3 is 5.97 Å². The number of carboxylic acid groups (broad SMARTS) is 1. The lowest BCUT2D eigenvalue weighted by molar-refractivity contribution is -0.139. The average molecular weight is 528 g/mol. The second-order valence-electron chi connectivity index (χ2n) is 11.1. The molecule has 0 radical (unpaired) electrons. The third-order valence-corrected chi connectivity index (χ3v) is 8.94. The van der Waals surface area contributed by atoms with Crippen molar-refractivity contribution in [3.05, 3.63) is 35.8 Å². The molecule has 38 heavy (non-hydrogen) atoms. The van der Waals surface area contributed by atoms with Gasteiger partial charge in [0.05, 0.1) is 18.6 Å². The molecule has 5 atom stereocenters. The van der Waals surface area contributed by atoms with Gasteiger partial charge in [-0.15, -0.1) is 0 Å². The first-order valence-electron chi connectivity index (χ1n) is 13.8. The number of rotatable bonds is 8. The molecular weight excluding hydrogens is 489 g/mol. The molecule has 2 aromatic rings. The number of carbonyl (C=O) groups is 3. The Balaban J connectivity index is 1.48. The fraction of sp³-hybridized carbons (Fsp3) is 0.607. The van der Waals surface area contributed by atoms with Crippen LogP contribution in [0.5, 0.6) is 0 Å². The summed E-state index contributed by atoms with van der Waals surface area (Å²) in [5, 5.41) is 16.5. The Morgan fingerprint density at radius 2 is 1.95 bits per heavy atom. The van der Waals surface area contributed by atoms with Gasteiger partial charge in [-0.25, -0.2) is 4.39 Å². The van der Waals surface area contributed by atoms with E-state index in [1.165, 1.54) is 12.1 Å². The van der Waals surface area contributed by atoms with Gasteiger partial charge in [0.1, 0.15) is 11.9 Å². The quantitative estimate of drug-likeness (QED) is 0.419. The van der Waals surface area contributed by atoms with Crippen molar-refractivity contribution in [2.75, 3.05) is 26.7 Å². The first-order valence-corrected chi connectivity index (χ1v) is 13.8. The molecule has 1 saturated carbocycles. The van der Waals surface area contributed by atoms with Crippen molar-refractivity contribution in [1.82, 2.24) is 25.4 Å². The number of aromatic amines is 1. The molecule has 1 aliphatic carbocycles. The second-order valence-corrected chi connectivity index (χ2v) is 11.1. The number of fused-ring (bicyclic) bond motifs is 2. The molecule has 10 heteroatoms. The molecule has 2 amide bonds. The maximum Gasteiger partial charge on any atom is 0.317 e. The minimum Gasteiger partial charge on any atom is -0.480 e. The average Bonchev–Trinajstić information content (AvgIpc) is 3.61. The Bertz CT molecular complexity index is 1200. The Labute approximate surface area is 222 Å². The summed E-state index contributed by atoms with van der Waals surface area (Å²) in [6.07, 6.45) is 7.56. The van der Waals surface area contributed by atoms with Gasteiger partial charge in [0, 0.05) is 42.1 Å². The number of carbonyl (C=O) groups excluding carboxylic acids is 2. The SMILES string of the molecule is CN[C@@H](C)C(=O)N[C@H](C(=O)N1CC[C@@H]2[C@H]1[C@@H](c1c[nH]c3cc(F)ccc13)CN2CC(=O)O)C1CCCCC1. The van der Waals surface area contributed by atoms with Crippen LogP contribution in [0.4, 0.5) is 4.39 Å². The standard InChI is InChI=1S/C28H38FN5O4/c1-16(30-2)27(37)32-25(17-6-4-3-5-7-17)28(38)34-11-10-23-26(34)21(14-33(23)15-24(35)36)20-13-31-22-12-18(29)8-9-19(20)22/h8-9,12-13,16-17,21,23,25-26,30-31H,3-7,10-11,14-15H2,1-2H3,(H,32,37)(H,35,36)/t16-,21+,23+,25-,26+/m0/s1. The van der Waals surface area contributed by atoms with E-state index >= 15 is 0 Å². The van der Waals surface area contributed by atoms with Crippen LogP contribution in [0.15, 0.2) is 24.4 Å². The van der Waals surface area contributed by atoms with Crippen LogP contribution in [0.1, 0.15) is 56.9 Å². The number of likely N-dealkylation sites (N-methyl/N-ethyl adjacent to an activating group) is 1. The van der Waals surface area contributed by atoms with Crippen molar-refractivity contribution >= 4 is 28.7 Å². The molecule has 206 valence electrons. The van der Waals surface area contributed by atoms with E-state index in [9.17, 15) is 23.9 Å². The number of amides is 2. The van der Waals surface area contributed by atoms with Gasteiger partial charge in [-0.05, 0) is 62.9 Å². The molecule has 1 aromatic carbocycles. The number of H-pyrrole nitrogens is 1. The van der Waals surface area contributed by atoms with Crippen LogP contribution in [0.2, 0.25) is 0 Å². The lowest BCUT2D eigenvalue weighted by Crippen LogP contribution is -2.57. The molecule has 0 bridgehead atoms. The van der Waals surface area contributed by atoms with Crippen LogP contribution in [0, 0.1) is 11.7 Å². The van der Waals surface area contributed by atoms with Gasteiger partial charge in [-0.1, -0.05) is 19.3 Å². The minimum atomic E-state index is -0.899. The van der Waals surface area contributed by atoms with Gasteiger partial charge in [0.15, 0.2) is 0 Å². The van der Waals surface area contributed by atoms with Crippen LogP contribution in [0.25, 0.3) is 10.9 Å². The predicted octanol–water partition coefficient (Wildman–Crippen LogP) is 2.43. The van der Waals surface area contributed by atoms with E-state index in [0.29, 0.717) is 25.0 Å². The summed E-state index contributed by atoms with van der Waals surface area (Å²) < 4.78 is 13.9. The van der Waals surface area contributed by atoms with E-state index in [1.807, 2.05) is 16.0 Å². The smallest absolute Gasteiger partial charge is 0.317 e. The Hall–Kier alpha value is -2.98. The summed E-state index contributed by atoms with van der Waals surface area (Å²) >= 11 is 0. The molecule has 3 heterocycles. The number of halogens is 1. The summed E-state index contributed by atoms with van der Waals surface area (Å²) in [6, 6.07) is 3.28. The van der Waals surface area contributed by atoms with E-state index in [0.717, 1.165) is 43.1 Å². The monoisotopic (exact) mass is 527 g/mol. The van der Waals surface area contributed by atoms with Crippen LogP contribution < -0.4 is 10.6 Å². The first-order chi connectivity index (χ1) is 18.3. The molecule has 9 nitrogen and oxygen atoms in total. The number of carboxylic acids is 1. The van der Waals surface area contributed by atoms with Gasteiger partial charge in [-0.3, -0.25) is 19.3 Å². The number of hydrogen-bond acceptors (Lipinski definition) is 5. The Kier molecular flexibility index (Phi) is 7.72. The minimum absolute atomic E-state index is 0.0749. The highest BCUT2D eigenvalue weighted by molar-refractivity contribution is 5.90. The van der Waals surface area contributed by atoms with E-state index in [2.05, 4.69) is 15.6 Å². The molecule has 2 saturated heterocycles. The van der Waals surface area contributed by atoms with Gasteiger partial charge in [-0.2, -0.15) is 0 Å². The lowest BCUT2D eigenvalue weighted by atomic mass is 9.82. The molecular formula is C28H38FN5O4. The third-order valence-electron chi connectivity index (χ3n) is 8.94. The molecule has 1 aromatic heterocycles. The van der Waals surface area contributed by atoms with Crippen LogP contribution in [0.3, 0.4) is 0 Å². The maximum atomic E-state index is 14.3. The van der Waals surface area contributed by atoms with Crippen molar-refractivity contribution in [2.45, 2.75) is 75.5 Å². The number of likely N-dealkylation sites (tertiary alicyclic amines) is 2. The topological polar surface area (TPSA) is 118 Å². The summed E-state index contributed by atoms with van der Waals surface area (Å²) in [7, 11) is 1.72. The van der Waals surface area contributed by atoms with Gasteiger partial charge < -0.3 is 25.6 Å². The van der Waals surface area contributed by atoms with E-state index < -0.39 is 18.1 Å². The number of aromatic nitrogens is 1. The largest absolute Gasteiger partial charge is 0.480 e. The van der Waals surface area contributed by atoms with Crippen LogP contribution >= 0.6 is 0 Å². The maximum absolute atomic E-state index is 14.3. The summed E-state index contributed by atoms with van der Waals surface area (Å²) in [5.41, 5.74) is 1.64. The van der Waals surface area contributed by atoms with Crippen LogP contribution in [-0.2, 0) is 14.4 Å². The number of nitrogens with zero attached hydrogens (tertiary/aromatic N) is 2. The molecule has 2 aliphatic heterocycles. The number of aliphatic carboxylic acids is 1. The highest BCUT2D eigenvalue weighted by Gasteiger charge is 2.52. The zero-order chi connectivity index (χ0) is 27.0. The van der Waals surface area contributed by atoms with E-state index in [1.54, 1.807) is 20.0 Å². The normalized spacial score (nSPS) is 25.9. The Morgan fingerprint density at radius 1 is 1.18 bits per heavy atom. The molecule has 4 N–H and O–H groups in total. The van der Waals surface area contributed by atoms with Crippen molar-refractivity contribution in [2.24, 2.45) is 5.92 Å². The van der Waals surface area contributed by atoms with Crippen LogP contribution in [-0.4, -0.2) is 88.5 Å². The fourth-order valence-electron chi connectivity index (χ4n) is 6.94. The molecule has 0 unspecified atom stereocenters. The van der Waals surface area contributed by atoms with Crippen molar-refractivity contribution in [1.29, 1.82) is 0 Å². The Morgan fingerprint density at radius 3 is 2.66 bits per heavy atom. The molecule has 3 aliphatic rings. The third kappa shape index (κ3) is 5.03. The molecule has 5 rings (SSSR count). The van der Waals surface area contributed by atoms with Gasteiger partial charge in [0.25, 0.3) is 0 Å². The van der Waals surface area contributed by atoms with Crippen molar-refractivity contribution < 1.29 is 23.9 Å². The van der Waals surface area contributed by atoms with Gasteiger partial charge in [0.2, 0.25) is 11.8 Å². The number of benzene rings is 1. The first kappa shape index (κ1) is 26.6. The summed E-state index contributed by atoms with van der Waals surface area (Å²) in [5.74, 6) is -1.56. The zero-order valence-corrected chi connectivity index (χ0v) is 22.1. The number of nitrogens with one attached hydrogen (secondary N) is 3. The molecule has 3 fully saturated rings. The molecule has 0 spiro atoms. The fourth-order valence-corrected chi connectivity index (χ4v) is 6.94. The van der Waals surface area contributed by atoms with Crippen molar-refractivity contribution in [3.8, 4) is 0 Å². The summed E-state index contributed by atoms with van der Waals surface area (Å²) in [6.45, 7) is 2.69. The second kappa shape index (κ2) is 11.0. The van der Waals surface area contributed by atoms with Crippen molar-refractivity contribution in [3.63, 3.8) is 0 Å². The predicted molar refractivity (Wildman–Crippen MR) is 141 cm³/mol. The lowest BCUT2D eigenvalue weighted by Gasteiger charge is -2.36. The highest BCUT2D eigenvalue weighted by Crippen LogP contribution is 2.43. The highest BCUT2D eigenvalue weighted by atomic mass is 19.1.